The van der Waals surface area contributed by atoms with Crippen LogP contribution in [0.2, 0.25) is 5.02 Å². The van der Waals surface area contributed by atoms with Gasteiger partial charge in [-0.15, -0.1) is 0 Å². The number of anilines is 1. The predicted octanol–water partition coefficient (Wildman–Crippen LogP) is 2.24. The maximum atomic E-state index is 9.50. The number of aromatic nitrogens is 2. The van der Waals surface area contributed by atoms with Crippen molar-refractivity contribution in [2.24, 2.45) is 0 Å². The molecule has 0 radical (unpaired) electrons. The Bertz CT molecular complexity index is 567. The van der Waals surface area contributed by atoms with Crippen molar-refractivity contribution in [2.75, 3.05) is 18.0 Å². The molecular formula is C13H14ClN3O. The molecule has 1 aromatic heterocycles. The molecule has 1 saturated heterocycles. The number of aliphatic hydroxyl groups excluding tert-OH is 1. The molecule has 1 fully saturated rings. The number of fused-ring (bicyclic) bond motifs is 1. The van der Waals surface area contributed by atoms with Crippen LogP contribution in [-0.2, 0) is 0 Å². The normalized spacial score (nSPS) is 17.3. The fourth-order valence-corrected chi connectivity index (χ4v) is 2.39. The minimum atomic E-state index is -0.173. The van der Waals surface area contributed by atoms with Crippen LogP contribution in [0.25, 0.3) is 11.0 Å². The Labute approximate surface area is 110 Å². The fourth-order valence-electron chi connectivity index (χ4n) is 2.22. The number of aliphatic hydroxyl groups is 1. The summed E-state index contributed by atoms with van der Waals surface area (Å²) in [5, 5.41) is 10.2. The third-order valence-electron chi connectivity index (χ3n) is 3.28. The van der Waals surface area contributed by atoms with Crippen LogP contribution in [-0.4, -0.2) is 34.3 Å². The van der Waals surface area contributed by atoms with E-state index in [1.54, 1.807) is 6.20 Å². The average molecular weight is 264 g/mol. The highest BCUT2D eigenvalue weighted by Gasteiger charge is 2.18. The van der Waals surface area contributed by atoms with E-state index >= 15 is 0 Å². The molecule has 1 N–H and O–H groups in total. The van der Waals surface area contributed by atoms with E-state index < -0.39 is 0 Å². The third-order valence-corrected chi connectivity index (χ3v) is 3.52. The molecule has 0 amide bonds. The molecule has 1 aliphatic rings. The number of benzene rings is 1. The van der Waals surface area contributed by atoms with Crippen LogP contribution in [0, 0.1) is 0 Å². The first-order valence-corrected chi connectivity index (χ1v) is 6.45. The molecule has 2 heterocycles. The van der Waals surface area contributed by atoms with Gasteiger partial charge in [0.2, 0.25) is 0 Å². The number of nitrogens with zero attached hydrogens (tertiary/aromatic N) is 3. The van der Waals surface area contributed by atoms with Crippen molar-refractivity contribution >= 4 is 28.5 Å². The van der Waals surface area contributed by atoms with E-state index in [1.165, 1.54) is 0 Å². The van der Waals surface area contributed by atoms with E-state index in [0.29, 0.717) is 5.02 Å². The standard InChI is InChI=1S/C13H14ClN3O/c14-9-1-2-11-12(7-9)15-8-13(16-11)17-5-3-10(18)4-6-17/h1-2,7-8,10,18H,3-6H2. The molecule has 2 aromatic rings. The van der Waals surface area contributed by atoms with Crippen LogP contribution in [0.4, 0.5) is 5.82 Å². The van der Waals surface area contributed by atoms with Crippen molar-refractivity contribution in [3.63, 3.8) is 0 Å². The SMILES string of the molecule is OC1CCN(c2cnc3cc(Cl)ccc3n2)CC1. The van der Waals surface area contributed by atoms with Gasteiger partial charge in [-0.2, -0.15) is 0 Å². The molecule has 0 spiro atoms. The second-order valence-corrected chi connectivity index (χ2v) is 5.02. The molecule has 1 aromatic carbocycles. The van der Waals surface area contributed by atoms with Gasteiger partial charge in [-0.05, 0) is 31.0 Å². The Morgan fingerprint density at radius 2 is 2.00 bits per heavy atom. The number of piperidine rings is 1. The zero-order chi connectivity index (χ0) is 12.5. The quantitative estimate of drug-likeness (QED) is 0.857. The summed E-state index contributed by atoms with van der Waals surface area (Å²) in [6.07, 6.45) is 3.19. The second-order valence-electron chi connectivity index (χ2n) is 4.58. The number of hydrogen-bond acceptors (Lipinski definition) is 4. The number of rotatable bonds is 1. The summed E-state index contributed by atoms with van der Waals surface area (Å²) in [5.41, 5.74) is 1.66. The zero-order valence-corrected chi connectivity index (χ0v) is 10.6. The summed E-state index contributed by atoms with van der Waals surface area (Å²) < 4.78 is 0. The van der Waals surface area contributed by atoms with E-state index in [0.717, 1.165) is 42.8 Å². The fraction of sp³-hybridized carbons (Fsp3) is 0.385. The summed E-state index contributed by atoms with van der Waals surface area (Å²) in [6.45, 7) is 1.66. The van der Waals surface area contributed by atoms with E-state index in [2.05, 4.69) is 14.9 Å². The zero-order valence-electron chi connectivity index (χ0n) is 9.88. The van der Waals surface area contributed by atoms with Gasteiger partial charge in [0.25, 0.3) is 0 Å². The van der Waals surface area contributed by atoms with E-state index in [-0.39, 0.29) is 6.10 Å². The van der Waals surface area contributed by atoms with Gasteiger partial charge in [-0.1, -0.05) is 11.6 Å². The van der Waals surface area contributed by atoms with Gasteiger partial charge in [-0.3, -0.25) is 4.98 Å². The van der Waals surface area contributed by atoms with E-state index in [4.69, 9.17) is 11.6 Å². The van der Waals surface area contributed by atoms with Crippen molar-refractivity contribution in [1.82, 2.24) is 9.97 Å². The minimum Gasteiger partial charge on any atom is -0.393 e. The summed E-state index contributed by atoms with van der Waals surface area (Å²) in [7, 11) is 0. The minimum absolute atomic E-state index is 0.173. The van der Waals surface area contributed by atoms with Crippen LogP contribution in [0.3, 0.4) is 0 Å². The van der Waals surface area contributed by atoms with Gasteiger partial charge in [0, 0.05) is 18.1 Å². The molecule has 0 saturated carbocycles. The van der Waals surface area contributed by atoms with Gasteiger partial charge in [0.05, 0.1) is 23.3 Å². The monoisotopic (exact) mass is 263 g/mol. The number of hydrogen-bond donors (Lipinski definition) is 1. The van der Waals surface area contributed by atoms with Crippen molar-refractivity contribution in [3.8, 4) is 0 Å². The first-order valence-electron chi connectivity index (χ1n) is 6.08. The van der Waals surface area contributed by atoms with Gasteiger partial charge in [-0.25, -0.2) is 4.98 Å². The first-order chi connectivity index (χ1) is 8.72. The molecule has 18 heavy (non-hydrogen) atoms. The number of halogens is 1. The highest BCUT2D eigenvalue weighted by molar-refractivity contribution is 6.31. The van der Waals surface area contributed by atoms with Gasteiger partial charge >= 0.3 is 0 Å². The second kappa shape index (κ2) is 4.71. The molecule has 0 aliphatic carbocycles. The van der Waals surface area contributed by atoms with Crippen LogP contribution in [0.1, 0.15) is 12.8 Å². The smallest absolute Gasteiger partial charge is 0.147 e. The Morgan fingerprint density at radius 1 is 1.22 bits per heavy atom. The highest BCUT2D eigenvalue weighted by atomic mass is 35.5. The molecular weight excluding hydrogens is 250 g/mol. The highest BCUT2D eigenvalue weighted by Crippen LogP contribution is 2.21. The molecule has 1 aliphatic heterocycles. The topological polar surface area (TPSA) is 49.2 Å². The van der Waals surface area contributed by atoms with Gasteiger partial charge in [0.1, 0.15) is 5.82 Å². The van der Waals surface area contributed by atoms with Crippen molar-refractivity contribution in [2.45, 2.75) is 18.9 Å². The van der Waals surface area contributed by atoms with Gasteiger partial charge in [0.15, 0.2) is 0 Å². The maximum Gasteiger partial charge on any atom is 0.147 e. The van der Waals surface area contributed by atoms with E-state index in [1.807, 2.05) is 18.2 Å². The Kier molecular flexibility index (Phi) is 3.06. The summed E-state index contributed by atoms with van der Waals surface area (Å²) in [4.78, 5) is 11.1. The lowest BCUT2D eigenvalue weighted by molar-refractivity contribution is 0.145. The van der Waals surface area contributed by atoms with Gasteiger partial charge < -0.3 is 10.0 Å². The molecule has 3 rings (SSSR count). The van der Waals surface area contributed by atoms with E-state index in [9.17, 15) is 5.11 Å². The van der Waals surface area contributed by atoms with Crippen LogP contribution < -0.4 is 4.90 Å². The van der Waals surface area contributed by atoms with Crippen molar-refractivity contribution in [3.05, 3.63) is 29.4 Å². The Hall–Kier alpha value is -1.39. The Morgan fingerprint density at radius 3 is 2.78 bits per heavy atom. The Balaban J connectivity index is 1.91. The molecule has 94 valence electrons. The lowest BCUT2D eigenvalue weighted by atomic mass is 10.1. The maximum absolute atomic E-state index is 9.50. The summed E-state index contributed by atoms with van der Waals surface area (Å²) >= 11 is 5.92. The third kappa shape index (κ3) is 2.26. The first kappa shape index (κ1) is 11.7. The predicted molar refractivity (Wildman–Crippen MR) is 72.0 cm³/mol. The molecule has 0 bridgehead atoms. The molecule has 0 unspecified atom stereocenters. The molecule has 4 nitrogen and oxygen atoms in total. The van der Waals surface area contributed by atoms with Crippen LogP contribution in [0.5, 0.6) is 0 Å². The van der Waals surface area contributed by atoms with Crippen molar-refractivity contribution < 1.29 is 5.11 Å². The summed E-state index contributed by atoms with van der Waals surface area (Å²) in [5.74, 6) is 0.872. The molecule has 0 atom stereocenters. The average Bonchev–Trinajstić information content (AvgIpc) is 2.39. The lowest BCUT2D eigenvalue weighted by Crippen LogP contribution is -2.36. The van der Waals surface area contributed by atoms with Crippen molar-refractivity contribution in [1.29, 1.82) is 0 Å². The van der Waals surface area contributed by atoms with Crippen LogP contribution >= 0.6 is 11.6 Å². The lowest BCUT2D eigenvalue weighted by Gasteiger charge is -2.30. The largest absolute Gasteiger partial charge is 0.393 e. The van der Waals surface area contributed by atoms with Crippen LogP contribution in [0.15, 0.2) is 24.4 Å². The molecule has 5 heteroatoms. The summed E-state index contributed by atoms with van der Waals surface area (Å²) in [6, 6.07) is 5.52.